The van der Waals surface area contributed by atoms with E-state index in [1.807, 2.05) is 77.8 Å². The standard InChI is InChI=1S/C45H65N5O13.C43H63N5O12/c1-13-36-45(10,55)41-26(4)37(48-29(7)51)24(2)19-44(9,57-22-33(21-56-41)49-58-23-32-15-14-31(20-46-32)35-16-17-47-63-35)40(27(5)38(53)28(6)42(54)61-36)62-43-39(60-30(8)52)34(50(11)12)18-25(3)59-43;1-12-34-43(9,53)39-25(4)35(46-28(7)49)23(2)18-42(8,55-21-31(20-54-39)47-56-22-30-14-13-29(19-44-30)33-15-16-45-60-33)38(26(5)36(50)27(6)40(52)58-34)59-41-37(51)32(48(10)11)17-24(3)57-41/h14-17,20,24-28,34,36,39-41,43,55H,13,18-19,21-23H2,1-12H3;13-16,19,23-27,32,34,37-39,41,51,53H,12,17-18,20-22H2,1-11H3/b48-37?,49-33+;46-35?,47-31+/t24-,25-,26+,27+,28-,34+,36-,39-,40-,41-,43+,44-,45-;23-,24-,25+,26+,27-,32+,34-,37-,38-,39-,41+,42-,43-/m11/s1. The highest BCUT2D eigenvalue weighted by Crippen LogP contribution is 2.44. The number of aliphatic imine (C=N–C) groups is 2. The van der Waals surface area contributed by atoms with Crippen LogP contribution in [0.15, 0.2) is 90.5 Å². The average Bonchev–Trinajstić information content (AvgIpc) is 1.69. The van der Waals surface area contributed by atoms with Gasteiger partial charge in [-0.1, -0.05) is 76.0 Å². The van der Waals surface area contributed by atoms with Crippen LogP contribution in [-0.4, -0.2) is 272 Å². The van der Waals surface area contributed by atoms with E-state index in [4.69, 9.17) is 70.8 Å². The van der Waals surface area contributed by atoms with Gasteiger partial charge in [-0.05, 0) is 158 Å². The topological polar surface area (TPSA) is 434 Å². The summed E-state index contributed by atoms with van der Waals surface area (Å²) in [6, 6.07) is 9.96. The maximum atomic E-state index is 14.7. The first kappa shape index (κ1) is 98.4. The lowest BCUT2D eigenvalue weighted by atomic mass is 9.73. The lowest BCUT2D eigenvalue weighted by Crippen LogP contribution is -2.60. The summed E-state index contributed by atoms with van der Waals surface area (Å²) in [6.45, 7) is 30.4. The minimum atomic E-state index is -1.88. The maximum absolute atomic E-state index is 14.7. The molecular formula is C88H128N10O25. The van der Waals surface area contributed by atoms with Gasteiger partial charge in [-0.2, -0.15) is 0 Å². The van der Waals surface area contributed by atoms with Gasteiger partial charge >= 0.3 is 17.9 Å². The zero-order chi connectivity index (χ0) is 90.5. The van der Waals surface area contributed by atoms with Gasteiger partial charge in [0.25, 0.3) is 0 Å². The van der Waals surface area contributed by atoms with Gasteiger partial charge in [-0.15, -0.1) is 0 Å². The van der Waals surface area contributed by atoms with Crippen molar-refractivity contribution < 1.29 is 120 Å². The van der Waals surface area contributed by atoms with Crippen molar-refractivity contribution >= 4 is 64.1 Å². The first-order chi connectivity index (χ1) is 57.9. The van der Waals surface area contributed by atoms with Crippen LogP contribution in [0.25, 0.3) is 22.6 Å². The van der Waals surface area contributed by atoms with Crippen molar-refractivity contribution in [3.63, 3.8) is 0 Å². The molecule has 6 aliphatic heterocycles. The second-order valence-electron chi connectivity index (χ2n) is 35.0. The predicted molar refractivity (Wildman–Crippen MR) is 447 cm³/mol. The molecule has 10 rings (SSSR count). The van der Waals surface area contributed by atoms with Crippen LogP contribution in [0, 0.1) is 47.3 Å². The fourth-order valence-corrected chi connectivity index (χ4v) is 17.9. The number of hydrogen-bond donors (Lipinski definition) is 3. The second-order valence-corrected chi connectivity index (χ2v) is 35.0. The number of carbonyl (C=O) groups excluding carboxylic acids is 7. The van der Waals surface area contributed by atoms with E-state index in [0.717, 1.165) is 11.1 Å². The molecule has 26 atom stereocenters. The number of nitrogens with zero attached hydrogens (tertiary/aromatic N) is 10. The Labute approximate surface area is 719 Å². The van der Waals surface area contributed by atoms with Crippen LogP contribution in [0.4, 0.5) is 0 Å². The fraction of sp³-hybridized carbons (Fsp3) is 0.693. The summed E-state index contributed by atoms with van der Waals surface area (Å²) in [6.07, 6.45) is -4.01. The number of esters is 3. The molecule has 0 aliphatic carbocycles. The maximum Gasteiger partial charge on any atom is 0.316 e. The molecule has 6 aliphatic rings. The fourth-order valence-electron chi connectivity index (χ4n) is 17.9. The van der Waals surface area contributed by atoms with Gasteiger partial charge in [-0.3, -0.25) is 43.5 Å². The first-order valence-corrected chi connectivity index (χ1v) is 42.4. The van der Waals surface area contributed by atoms with Gasteiger partial charge in [0, 0.05) is 97.6 Å². The largest absolute Gasteiger partial charge is 0.459 e. The molecule has 0 aromatic carbocycles. The SMILES string of the molecule is CC[C@H]1OC(=O)[C@H](C)C(=O)[C@H](C)[C@@H](O[C@@H]2O[C@H](C)C[C@H](N(C)C)[C@H]2O)[C@@]2(C)C[C@@H](C)C(=NC(C)=O)[C@H](C)[C@@H](OC/C(=N\OCc3ccc(-c4ccno4)cn3)CO2)[C@]1(C)O.CC[C@H]1OC(=O)[C@H](C)C(=O)[C@H](C)[C@@H](O[C@@H]2O[C@H](C)C[C@H](N(C)C)[C@H]2OC(C)=O)[C@@]2(C)C[C@@H](C)C(=NC(C)=O)[C@H](C)[C@@H](OC/C(=N\OCc3ccc(-c4ccno4)cn3)CO2)[C@]1(C)O. The minimum absolute atomic E-state index is 0.0212. The van der Waals surface area contributed by atoms with E-state index in [-0.39, 0.29) is 101 Å². The van der Waals surface area contributed by atoms with Gasteiger partial charge in [0.05, 0.1) is 104 Å². The monoisotopic (exact) mass is 1720 g/mol. The van der Waals surface area contributed by atoms with Crippen molar-refractivity contribution in [2.24, 2.45) is 67.6 Å². The number of rotatable bonds is 17. The van der Waals surface area contributed by atoms with Crippen molar-refractivity contribution in [1.29, 1.82) is 0 Å². The number of aliphatic hydroxyl groups is 3. The Morgan fingerprint density at radius 2 is 0.943 bits per heavy atom. The van der Waals surface area contributed by atoms with E-state index < -0.39 is 172 Å². The van der Waals surface area contributed by atoms with Crippen LogP contribution in [-0.2, 0) is 109 Å². The van der Waals surface area contributed by atoms with E-state index in [2.05, 4.69) is 40.6 Å². The van der Waals surface area contributed by atoms with E-state index in [0.29, 0.717) is 47.2 Å². The Balaban J connectivity index is 0.000000279. The summed E-state index contributed by atoms with van der Waals surface area (Å²) in [5, 5.41) is 52.9. The predicted octanol–water partition coefficient (Wildman–Crippen LogP) is 8.91. The van der Waals surface area contributed by atoms with Gasteiger partial charge < -0.3 is 95.9 Å². The smallest absolute Gasteiger partial charge is 0.316 e. The minimum Gasteiger partial charge on any atom is -0.459 e. The number of amides is 2. The van der Waals surface area contributed by atoms with E-state index in [1.54, 1.807) is 104 Å². The van der Waals surface area contributed by atoms with Crippen LogP contribution >= 0.6 is 0 Å². The molecule has 4 aromatic rings. The third kappa shape index (κ3) is 24.2. The molecule has 35 heteroatoms. The highest BCUT2D eigenvalue weighted by Gasteiger charge is 2.57. The van der Waals surface area contributed by atoms with Crippen molar-refractivity contribution in [3.8, 4) is 22.6 Å². The number of oxime groups is 2. The molecular weight excluding hydrogens is 1600 g/mol. The van der Waals surface area contributed by atoms with Crippen LogP contribution in [0.2, 0.25) is 0 Å². The molecule has 4 bridgehead atoms. The normalized spacial score (nSPS) is 36.9. The van der Waals surface area contributed by atoms with Crippen LogP contribution in [0.1, 0.15) is 181 Å². The summed E-state index contributed by atoms with van der Waals surface area (Å²) >= 11 is 0. The number of aliphatic hydroxyl groups excluding tert-OH is 1. The zero-order valence-electron chi connectivity index (χ0n) is 75.3. The average molecular weight is 1730 g/mol. The molecule has 0 spiro atoms. The van der Waals surface area contributed by atoms with Crippen molar-refractivity contribution in [2.45, 2.75) is 291 Å². The third-order valence-electron chi connectivity index (χ3n) is 24.4. The molecule has 0 saturated carbocycles. The zero-order valence-corrected chi connectivity index (χ0v) is 75.3. The summed E-state index contributed by atoms with van der Waals surface area (Å²) in [7, 11) is 7.46. The van der Waals surface area contributed by atoms with Gasteiger partial charge in [0.2, 0.25) is 11.8 Å². The molecule has 4 aromatic heterocycles. The molecule has 0 radical (unpaired) electrons. The highest BCUT2D eigenvalue weighted by molar-refractivity contribution is 6.02. The molecule has 2 amide bonds. The highest BCUT2D eigenvalue weighted by atomic mass is 16.7. The Bertz CT molecular complexity index is 4330. The van der Waals surface area contributed by atoms with Gasteiger partial charge in [0.15, 0.2) is 55.0 Å². The lowest BCUT2D eigenvalue weighted by Gasteiger charge is -2.48. The van der Waals surface area contributed by atoms with Crippen molar-refractivity contribution in [2.75, 3.05) is 54.6 Å². The molecule has 680 valence electrons. The van der Waals surface area contributed by atoms with E-state index in [9.17, 15) is 48.9 Å². The Morgan fingerprint density at radius 3 is 1.30 bits per heavy atom. The number of ether oxygens (including phenoxy) is 11. The molecule has 35 nitrogen and oxygen atoms in total. The molecule has 10 heterocycles. The number of likely N-dealkylation sites (N-methyl/N-ethyl adjacent to an activating group) is 2. The van der Waals surface area contributed by atoms with Crippen LogP contribution in [0.5, 0.6) is 0 Å². The second kappa shape index (κ2) is 42.7. The number of ketones is 2. The van der Waals surface area contributed by atoms with Crippen molar-refractivity contribution in [3.05, 3.63) is 72.6 Å². The number of pyridine rings is 2. The van der Waals surface area contributed by atoms with Crippen LogP contribution < -0.4 is 0 Å². The number of hydrogen-bond acceptors (Lipinski definition) is 33. The quantitative estimate of drug-likeness (QED) is 0.0384. The molecule has 6 fully saturated rings. The number of fused-ring (bicyclic) bond motifs is 10. The van der Waals surface area contributed by atoms with E-state index >= 15 is 0 Å². The number of aromatic nitrogens is 4. The summed E-state index contributed by atoms with van der Waals surface area (Å²) in [4.78, 5) is 129. The summed E-state index contributed by atoms with van der Waals surface area (Å²) in [5.74, 6) is -10.3. The number of cyclic esters (lactones) is 2. The van der Waals surface area contributed by atoms with Crippen LogP contribution in [0.3, 0.4) is 0 Å². The molecule has 3 N–H and O–H groups in total. The van der Waals surface area contributed by atoms with E-state index in [1.165, 1.54) is 48.5 Å². The Hall–Kier alpha value is -8.43. The Morgan fingerprint density at radius 1 is 0.545 bits per heavy atom. The summed E-state index contributed by atoms with van der Waals surface area (Å²) in [5.41, 5.74) is -2.71. The number of Topliss-reactive ketones (excluding diaryl/α,β-unsaturated/α-hetero) is 2. The molecule has 6 saturated heterocycles. The Kier molecular flexibility index (Phi) is 34.2. The van der Waals surface area contributed by atoms with Gasteiger partial charge in [0.1, 0.15) is 52.8 Å². The molecule has 0 unspecified atom stereocenters. The summed E-state index contributed by atoms with van der Waals surface area (Å²) < 4.78 is 81.7. The number of carbonyl (C=O) groups is 7. The van der Waals surface area contributed by atoms with Crippen molar-refractivity contribution in [1.82, 2.24) is 30.1 Å². The molecule has 123 heavy (non-hydrogen) atoms. The van der Waals surface area contributed by atoms with Gasteiger partial charge in [-0.25, -0.2) is 9.98 Å². The lowest BCUT2D eigenvalue weighted by molar-refractivity contribution is -0.298. The third-order valence-corrected chi connectivity index (χ3v) is 24.4. The first-order valence-electron chi connectivity index (χ1n) is 42.4.